The quantitative estimate of drug-likeness (QED) is 0.722. The zero-order valence-corrected chi connectivity index (χ0v) is 14.6. The maximum absolute atomic E-state index is 13.7. The van der Waals surface area contributed by atoms with E-state index >= 15 is 0 Å². The monoisotopic (exact) mass is 363 g/mol. The van der Waals surface area contributed by atoms with Crippen LogP contribution >= 0.6 is 11.8 Å². The molecule has 0 unspecified atom stereocenters. The maximum atomic E-state index is 13.7. The number of hydrogen-bond acceptors (Lipinski definition) is 5. The van der Waals surface area contributed by atoms with E-state index in [4.69, 9.17) is 0 Å². The number of nitrogens with one attached hydrogen (secondary N) is 1. The normalized spacial score (nSPS) is 11.1. The fourth-order valence-corrected chi connectivity index (χ4v) is 2.83. The van der Waals surface area contributed by atoms with Crippen LogP contribution in [-0.2, 0) is 11.2 Å². The highest BCUT2D eigenvalue weighted by Crippen LogP contribution is 2.20. The Morgan fingerprint density at radius 2 is 1.92 bits per heavy atom. The average molecular weight is 363 g/mol. The van der Waals surface area contributed by atoms with Gasteiger partial charge < -0.3 is 5.32 Å². The number of anilines is 1. The average Bonchev–Trinajstić information content (AvgIpc) is 2.98. The zero-order chi connectivity index (χ0) is 18.1. The molecule has 6 nitrogen and oxygen atoms in total. The number of rotatable bonds is 4. The molecule has 0 radical (unpaired) electrons. The molecule has 0 fully saturated rings. The largest absolute Gasteiger partial charge is 0.321 e. The summed E-state index contributed by atoms with van der Waals surface area (Å²) in [4.78, 5) is 20.9. The number of carbonyl (C=O) groups is 1. The number of nitrogens with zero attached hydrogens (tertiary/aromatic N) is 4. The summed E-state index contributed by atoms with van der Waals surface area (Å²) in [7, 11) is 0. The molecule has 0 aliphatic carbocycles. The molecule has 1 N–H and O–H groups in total. The second-order valence-electron chi connectivity index (χ2n) is 5.39. The highest BCUT2D eigenvalue weighted by molar-refractivity contribution is 7.98. The van der Waals surface area contributed by atoms with Crippen LogP contribution in [0.2, 0.25) is 0 Å². The summed E-state index contributed by atoms with van der Waals surface area (Å²) in [6, 6.07) is 3.41. The molecule has 2 heterocycles. The number of para-hydroxylation sites is 1. The summed E-state index contributed by atoms with van der Waals surface area (Å²) >= 11 is 1.39. The number of benzene rings is 1. The molecule has 1 aromatic carbocycles. The Morgan fingerprint density at radius 1 is 1.24 bits per heavy atom. The highest BCUT2D eigenvalue weighted by atomic mass is 32.2. The summed E-state index contributed by atoms with van der Waals surface area (Å²) in [6.07, 6.45) is 1.77. The van der Waals surface area contributed by atoms with Gasteiger partial charge in [-0.3, -0.25) is 4.79 Å². The van der Waals surface area contributed by atoms with E-state index in [0.717, 1.165) is 12.1 Å². The fourth-order valence-electron chi connectivity index (χ4n) is 2.49. The first-order valence-electron chi connectivity index (χ1n) is 7.41. The molecular weight excluding hydrogens is 348 g/mol. The van der Waals surface area contributed by atoms with E-state index in [1.54, 1.807) is 18.4 Å². The van der Waals surface area contributed by atoms with Gasteiger partial charge in [0.05, 0.1) is 6.42 Å². The molecule has 0 saturated carbocycles. The first-order chi connectivity index (χ1) is 11.9. The Labute approximate surface area is 146 Å². The lowest BCUT2D eigenvalue weighted by molar-refractivity contribution is -0.115. The number of fused-ring (bicyclic) bond motifs is 1. The molecule has 3 rings (SSSR count). The summed E-state index contributed by atoms with van der Waals surface area (Å²) in [5, 5.41) is 7.16. The van der Waals surface area contributed by atoms with E-state index in [9.17, 15) is 13.6 Å². The predicted octanol–water partition coefficient (Wildman–Crippen LogP) is 2.92. The van der Waals surface area contributed by atoms with Crippen molar-refractivity contribution >= 4 is 29.1 Å². The van der Waals surface area contributed by atoms with Crippen LogP contribution in [0.15, 0.2) is 23.4 Å². The molecule has 0 aliphatic rings. The molecular formula is C16H15F2N5OS. The first kappa shape index (κ1) is 17.3. The Morgan fingerprint density at radius 3 is 2.56 bits per heavy atom. The second-order valence-corrected chi connectivity index (χ2v) is 6.17. The predicted molar refractivity (Wildman–Crippen MR) is 90.7 cm³/mol. The van der Waals surface area contributed by atoms with Crippen LogP contribution in [-0.4, -0.2) is 31.7 Å². The summed E-state index contributed by atoms with van der Waals surface area (Å²) in [5.41, 5.74) is 1.51. The molecule has 0 aliphatic heterocycles. The van der Waals surface area contributed by atoms with Gasteiger partial charge in [0.1, 0.15) is 17.3 Å². The van der Waals surface area contributed by atoms with Crippen LogP contribution in [0.25, 0.3) is 5.78 Å². The Hall–Kier alpha value is -2.55. The molecule has 2 aromatic heterocycles. The zero-order valence-electron chi connectivity index (χ0n) is 13.8. The fraction of sp³-hybridized carbons (Fsp3) is 0.250. The summed E-state index contributed by atoms with van der Waals surface area (Å²) in [6.45, 7) is 3.56. The minimum Gasteiger partial charge on any atom is -0.321 e. The Kier molecular flexibility index (Phi) is 4.67. The topological polar surface area (TPSA) is 72.2 Å². The number of aryl methyl sites for hydroxylation is 2. The van der Waals surface area contributed by atoms with E-state index in [-0.39, 0.29) is 6.42 Å². The molecule has 1 amide bonds. The van der Waals surface area contributed by atoms with Crippen LogP contribution in [0.3, 0.4) is 0 Å². The third-order valence-corrected chi connectivity index (χ3v) is 4.31. The van der Waals surface area contributed by atoms with Gasteiger partial charge in [0.15, 0.2) is 0 Å². The van der Waals surface area contributed by atoms with E-state index in [1.807, 2.05) is 6.26 Å². The van der Waals surface area contributed by atoms with Crippen LogP contribution in [0.1, 0.15) is 17.0 Å². The van der Waals surface area contributed by atoms with Crippen molar-refractivity contribution in [2.75, 3.05) is 11.6 Å². The molecule has 0 spiro atoms. The molecule has 0 saturated heterocycles. The Balaban J connectivity index is 1.91. The molecule has 9 heteroatoms. The molecule has 3 aromatic rings. The third-order valence-electron chi connectivity index (χ3n) is 3.78. The second kappa shape index (κ2) is 6.75. The summed E-state index contributed by atoms with van der Waals surface area (Å²) < 4.78 is 28.9. The number of halogens is 2. The van der Waals surface area contributed by atoms with Crippen molar-refractivity contribution in [1.82, 2.24) is 19.6 Å². The summed E-state index contributed by atoms with van der Waals surface area (Å²) in [5.74, 6) is -1.74. The molecule has 25 heavy (non-hydrogen) atoms. The maximum Gasteiger partial charge on any atom is 0.253 e. The number of aromatic nitrogens is 4. The number of carbonyl (C=O) groups excluding carboxylic acids is 1. The van der Waals surface area contributed by atoms with Crippen molar-refractivity contribution in [3.05, 3.63) is 46.8 Å². The molecule has 130 valence electrons. The number of hydrogen-bond donors (Lipinski definition) is 1. The van der Waals surface area contributed by atoms with Crippen LogP contribution in [0.4, 0.5) is 14.5 Å². The lowest BCUT2D eigenvalue weighted by atomic mass is 10.1. The van der Waals surface area contributed by atoms with E-state index in [1.165, 1.54) is 17.8 Å². The van der Waals surface area contributed by atoms with Gasteiger partial charge in [-0.1, -0.05) is 17.8 Å². The number of thioether (sulfide) groups is 1. The minimum atomic E-state index is -0.823. The standard InChI is InChI=1S/C16H15F2N5OS/c1-8-10(9(2)23-15(19-8)21-16(22-23)25-3)7-13(24)20-14-11(17)5-4-6-12(14)18/h4-6H,7H2,1-3H3,(H,20,24). The van der Waals surface area contributed by atoms with Gasteiger partial charge in [0, 0.05) is 17.0 Å². The molecule has 0 bridgehead atoms. The van der Waals surface area contributed by atoms with Crippen molar-refractivity contribution < 1.29 is 13.6 Å². The van der Waals surface area contributed by atoms with Crippen LogP contribution < -0.4 is 5.32 Å². The van der Waals surface area contributed by atoms with Crippen molar-refractivity contribution in [2.24, 2.45) is 0 Å². The van der Waals surface area contributed by atoms with Crippen molar-refractivity contribution in [2.45, 2.75) is 25.4 Å². The van der Waals surface area contributed by atoms with Crippen LogP contribution in [0.5, 0.6) is 0 Å². The highest BCUT2D eigenvalue weighted by Gasteiger charge is 2.18. The van der Waals surface area contributed by atoms with Gasteiger partial charge >= 0.3 is 0 Å². The van der Waals surface area contributed by atoms with Gasteiger partial charge in [-0.05, 0) is 32.2 Å². The molecule has 0 atom stereocenters. The van der Waals surface area contributed by atoms with Gasteiger partial charge in [0.2, 0.25) is 11.1 Å². The van der Waals surface area contributed by atoms with E-state index in [0.29, 0.717) is 27.9 Å². The lowest BCUT2D eigenvalue weighted by Gasteiger charge is -2.11. The SMILES string of the molecule is CSc1nc2nc(C)c(CC(=O)Nc3c(F)cccc3F)c(C)n2n1. The van der Waals surface area contributed by atoms with E-state index < -0.39 is 23.2 Å². The van der Waals surface area contributed by atoms with Crippen LogP contribution in [0, 0.1) is 25.5 Å². The van der Waals surface area contributed by atoms with Gasteiger partial charge in [0.25, 0.3) is 5.78 Å². The van der Waals surface area contributed by atoms with Gasteiger partial charge in [-0.15, -0.1) is 5.10 Å². The minimum absolute atomic E-state index is 0.0805. The Bertz CT molecular complexity index is 953. The smallest absolute Gasteiger partial charge is 0.253 e. The lowest BCUT2D eigenvalue weighted by Crippen LogP contribution is -2.19. The third kappa shape index (κ3) is 3.32. The first-order valence-corrected chi connectivity index (χ1v) is 8.64. The van der Waals surface area contributed by atoms with E-state index in [2.05, 4.69) is 20.4 Å². The van der Waals surface area contributed by atoms with Crippen molar-refractivity contribution in [3.8, 4) is 0 Å². The van der Waals surface area contributed by atoms with Crippen molar-refractivity contribution in [3.63, 3.8) is 0 Å². The van der Waals surface area contributed by atoms with Gasteiger partial charge in [-0.25, -0.2) is 18.3 Å². The number of amides is 1. The van der Waals surface area contributed by atoms with Crippen molar-refractivity contribution in [1.29, 1.82) is 0 Å². The van der Waals surface area contributed by atoms with Gasteiger partial charge in [-0.2, -0.15) is 4.98 Å².